The molecular formula is C17H18N4. The molecule has 4 nitrogen and oxygen atoms in total. The van der Waals surface area contributed by atoms with Crippen molar-refractivity contribution in [3.8, 4) is 11.3 Å². The molecular weight excluding hydrogens is 260 g/mol. The highest BCUT2D eigenvalue weighted by Crippen LogP contribution is 2.26. The predicted octanol–water partition coefficient (Wildman–Crippen LogP) is 3.53. The van der Waals surface area contributed by atoms with Crippen LogP contribution in [-0.4, -0.2) is 15.0 Å². The first kappa shape index (κ1) is 13.5. The van der Waals surface area contributed by atoms with Crippen molar-refractivity contribution in [3.63, 3.8) is 0 Å². The first-order valence-electron chi connectivity index (χ1n) is 7.17. The minimum absolute atomic E-state index is 0.552. The van der Waals surface area contributed by atoms with Gasteiger partial charge in [0.25, 0.3) is 0 Å². The summed E-state index contributed by atoms with van der Waals surface area (Å²) < 4.78 is 0. The highest BCUT2D eigenvalue weighted by Gasteiger charge is 2.11. The van der Waals surface area contributed by atoms with Gasteiger partial charge in [0.15, 0.2) is 0 Å². The van der Waals surface area contributed by atoms with Crippen LogP contribution in [0.25, 0.3) is 22.2 Å². The van der Waals surface area contributed by atoms with Crippen LogP contribution in [0.3, 0.4) is 0 Å². The molecule has 3 rings (SSSR count). The monoisotopic (exact) mass is 278 g/mol. The van der Waals surface area contributed by atoms with Crippen LogP contribution in [0, 0.1) is 6.92 Å². The average molecular weight is 278 g/mol. The van der Waals surface area contributed by atoms with Crippen molar-refractivity contribution in [3.05, 3.63) is 47.9 Å². The highest BCUT2D eigenvalue weighted by atomic mass is 15.0. The highest BCUT2D eigenvalue weighted by molar-refractivity contribution is 5.83. The number of nitrogen functional groups attached to an aromatic ring is 1. The normalized spacial score (nSPS) is 11.0. The molecule has 2 heterocycles. The number of fused-ring (bicyclic) bond motifs is 1. The molecule has 21 heavy (non-hydrogen) atoms. The number of pyridine rings is 1. The molecule has 0 spiro atoms. The molecule has 0 bridgehead atoms. The minimum Gasteiger partial charge on any atom is -0.383 e. The standard InChI is InChI=1S/C17H18N4/c1-3-6-15-20-16(11(2)17(18)21-15)13-9-12-7-4-5-8-14(12)19-10-13/h4-5,7-10H,3,6H2,1-2H3,(H2,18,20,21). The summed E-state index contributed by atoms with van der Waals surface area (Å²) in [5.74, 6) is 1.35. The summed E-state index contributed by atoms with van der Waals surface area (Å²) in [5, 5.41) is 1.10. The van der Waals surface area contributed by atoms with Crippen molar-refractivity contribution >= 4 is 16.7 Å². The first-order chi connectivity index (χ1) is 10.2. The van der Waals surface area contributed by atoms with Crippen molar-refractivity contribution in [2.75, 3.05) is 5.73 Å². The van der Waals surface area contributed by atoms with Gasteiger partial charge >= 0.3 is 0 Å². The third kappa shape index (κ3) is 2.57. The Morgan fingerprint density at radius 3 is 2.76 bits per heavy atom. The average Bonchev–Trinajstić information content (AvgIpc) is 2.50. The Labute approximate surface area is 124 Å². The van der Waals surface area contributed by atoms with Gasteiger partial charge in [0.1, 0.15) is 11.6 Å². The molecule has 0 aliphatic rings. The van der Waals surface area contributed by atoms with Gasteiger partial charge in [0.05, 0.1) is 11.2 Å². The van der Waals surface area contributed by atoms with Crippen LogP contribution in [0.5, 0.6) is 0 Å². The lowest BCUT2D eigenvalue weighted by Crippen LogP contribution is -2.05. The smallest absolute Gasteiger partial charge is 0.131 e. The molecule has 1 aromatic carbocycles. The van der Waals surface area contributed by atoms with Crippen LogP contribution in [0.1, 0.15) is 24.7 Å². The fraction of sp³-hybridized carbons (Fsp3) is 0.235. The van der Waals surface area contributed by atoms with E-state index in [0.29, 0.717) is 5.82 Å². The molecule has 0 fully saturated rings. The van der Waals surface area contributed by atoms with Gasteiger partial charge in [-0.15, -0.1) is 0 Å². The number of benzene rings is 1. The summed E-state index contributed by atoms with van der Waals surface area (Å²) in [5.41, 5.74) is 9.78. The summed E-state index contributed by atoms with van der Waals surface area (Å²) in [4.78, 5) is 13.5. The van der Waals surface area contributed by atoms with E-state index in [-0.39, 0.29) is 0 Å². The molecule has 0 atom stereocenters. The Bertz CT molecular complexity index is 796. The zero-order valence-electron chi connectivity index (χ0n) is 12.3. The van der Waals surface area contributed by atoms with Crippen LogP contribution in [0.2, 0.25) is 0 Å². The van der Waals surface area contributed by atoms with Gasteiger partial charge in [-0.2, -0.15) is 0 Å². The Morgan fingerprint density at radius 2 is 1.95 bits per heavy atom. The third-order valence-electron chi connectivity index (χ3n) is 3.57. The van der Waals surface area contributed by atoms with E-state index in [9.17, 15) is 0 Å². The SMILES string of the molecule is CCCc1nc(N)c(C)c(-c2cnc3ccccc3c2)n1. The van der Waals surface area contributed by atoms with Crippen molar-refractivity contribution in [1.82, 2.24) is 15.0 Å². The van der Waals surface area contributed by atoms with E-state index < -0.39 is 0 Å². The lowest BCUT2D eigenvalue weighted by Gasteiger charge is -2.10. The zero-order chi connectivity index (χ0) is 14.8. The minimum atomic E-state index is 0.552. The van der Waals surface area contributed by atoms with E-state index in [2.05, 4.69) is 34.0 Å². The van der Waals surface area contributed by atoms with Crippen LogP contribution >= 0.6 is 0 Å². The Morgan fingerprint density at radius 1 is 1.14 bits per heavy atom. The number of nitrogens with two attached hydrogens (primary N) is 1. The van der Waals surface area contributed by atoms with Crippen molar-refractivity contribution < 1.29 is 0 Å². The maximum Gasteiger partial charge on any atom is 0.131 e. The Kier molecular flexibility index (Phi) is 3.52. The molecule has 0 aliphatic heterocycles. The number of anilines is 1. The van der Waals surface area contributed by atoms with E-state index in [1.165, 1.54) is 0 Å². The predicted molar refractivity (Wildman–Crippen MR) is 85.9 cm³/mol. The molecule has 3 aromatic rings. The molecule has 2 aromatic heterocycles. The number of aromatic nitrogens is 3. The number of para-hydroxylation sites is 1. The Hall–Kier alpha value is -2.49. The fourth-order valence-corrected chi connectivity index (χ4v) is 2.40. The number of nitrogens with zero attached hydrogens (tertiary/aromatic N) is 3. The molecule has 0 radical (unpaired) electrons. The summed E-state index contributed by atoms with van der Waals surface area (Å²) in [7, 11) is 0. The zero-order valence-corrected chi connectivity index (χ0v) is 12.3. The maximum absolute atomic E-state index is 6.03. The number of hydrogen-bond acceptors (Lipinski definition) is 4. The second kappa shape index (κ2) is 5.48. The van der Waals surface area contributed by atoms with Crippen molar-refractivity contribution in [2.45, 2.75) is 26.7 Å². The van der Waals surface area contributed by atoms with Crippen LogP contribution in [-0.2, 0) is 6.42 Å². The molecule has 2 N–H and O–H groups in total. The van der Waals surface area contributed by atoms with E-state index in [0.717, 1.165) is 46.4 Å². The van der Waals surface area contributed by atoms with Crippen molar-refractivity contribution in [2.24, 2.45) is 0 Å². The summed E-state index contributed by atoms with van der Waals surface area (Å²) in [6.07, 6.45) is 3.68. The van der Waals surface area contributed by atoms with E-state index in [1.807, 2.05) is 31.3 Å². The maximum atomic E-state index is 6.03. The molecule has 106 valence electrons. The van der Waals surface area contributed by atoms with Crippen LogP contribution < -0.4 is 5.73 Å². The van der Waals surface area contributed by atoms with E-state index in [4.69, 9.17) is 5.73 Å². The lowest BCUT2D eigenvalue weighted by atomic mass is 10.1. The molecule has 0 unspecified atom stereocenters. The van der Waals surface area contributed by atoms with E-state index in [1.54, 1.807) is 0 Å². The second-order valence-corrected chi connectivity index (χ2v) is 5.17. The summed E-state index contributed by atoms with van der Waals surface area (Å²) in [6, 6.07) is 10.2. The lowest BCUT2D eigenvalue weighted by molar-refractivity contribution is 0.836. The van der Waals surface area contributed by atoms with Crippen LogP contribution in [0.4, 0.5) is 5.82 Å². The first-order valence-corrected chi connectivity index (χ1v) is 7.17. The third-order valence-corrected chi connectivity index (χ3v) is 3.57. The fourth-order valence-electron chi connectivity index (χ4n) is 2.40. The van der Waals surface area contributed by atoms with Gasteiger partial charge in [-0.05, 0) is 25.5 Å². The molecule has 0 saturated heterocycles. The van der Waals surface area contributed by atoms with Crippen LogP contribution in [0.15, 0.2) is 36.5 Å². The van der Waals surface area contributed by atoms with Gasteiger partial charge in [-0.25, -0.2) is 9.97 Å². The van der Waals surface area contributed by atoms with Gasteiger partial charge in [-0.3, -0.25) is 4.98 Å². The number of hydrogen-bond donors (Lipinski definition) is 1. The second-order valence-electron chi connectivity index (χ2n) is 5.17. The summed E-state index contributed by atoms with van der Waals surface area (Å²) in [6.45, 7) is 4.06. The van der Waals surface area contributed by atoms with Gasteiger partial charge in [-0.1, -0.05) is 25.1 Å². The topological polar surface area (TPSA) is 64.7 Å². The Balaban J connectivity index is 2.16. The van der Waals surface area contributed by atoms with Gasteiger partial charge < -0.3 is 5.73 Å². The molecule has 0 saturated carbocycles. The van der Waals surface area contributed by atoms with Crippen molar-refractivity contribution in [1.29, 1.82) is 0 Å². The number of aryl methyl sites for hydroxylation is 1. The van der Waals surface area contributed by atoms with Gasteiger partial charge in [0, 0.05) is 29.1 Å². The largest absolute Gasteiger partial charge is 0.383 e. The van der Waals surface area contributed by atoms with E-state index >= 15 is 0 Å². The molecule has 4 heteroatoms. The number of rotatable bonds is 3. The molecule has 0 aliphatic carbocycles. The van der Waals surface area contributed by atoms with Gasteiger partial charge in [0.2, 0.25) is 0 Å². The quantitative estimate of drug-likeness (QED) is 0.796. The summed E-state index contributed by atoms with van der Waals surface area (Å²) >= 11 is 0. The molecule has 0 amide bonds.